The summed E-state index contributed by atoms with van der Waals surface area (Å²) in [4.78, 5) is 52.9. The van der Waals surface area contributed by atoms with Crippen LogP contribution in [0.1, 0.15) is 32.1 Å². The van der Waals surface area contributed by atoms with Gasteiger partial charge in [0.1, 0.15) is 28.9 Å². The van der Waals surface area contributed by atoms with Gasteiger partial charge in [-0.1, -0.05) is 42.1 Å². The summed E-state index contributed by atoms with van der Waals surface area (Å²) in [5.74, 6) is -0.517. The van der Waals surface area contributed by atoms with Crippen LogP contribution in [0.15, 0.2) is 48.5 Å². The molecule has 0 aliphatic carbocycles. The number of ether oxygens (including phenoxy) is 1. The first-order valence-corrected chi connectivity index (χ1v) is 17.2. The third-order valence-corrected chi connectivity index (χ3v) is 11.2. The highest BCUT2D eigenvalue weighted by Gasteiger charge is 2.45. The lowest BCUT2D eigenvalue weighted by molar-refractivity contribution is -0.136. The Morgan fingerprint density at radius 1 is 1.04 bits per heavy atom. The fourth-order valence-electron chi connectivity index (χ4n) is 7.79. The average molecular weight is 671 g/mol. The van der Waals surface area contributed by atoms with Gasteiger partial charge in [0.05, 0.1) is 0 Å². The number of aromatic nitrogens is 2. The van der Waals surface area contributed by atoms with Crippen LogP contribution < -0.4 is 15.0 Å². The molecule has 248 valence electrons. The number of thioether (sulfide) groups is 1. The lowest BCUT2D eigenvalue weighted by Crippen LogP contribution is -2.56. The van der Waals surface area contributed by atoms with Crippen LogP contribution in [0.25, 0.3) is 32.8 Å². The number of fused-ring (bicyclic) bond motifs is 4. The number of aromatic hydroxyl groups is 1. The van der Waals surface area contributed by atoms with Crippen molar-refractivity contribution in [1.82, 2.24) is 25.1 Å². The van der Waals surface area contributed by atoms with Gasteiger partial charge in [-0.3, -0.25) is 19.7 Å². The van der Waals surface area contributed by atoms with Crippen LogP contribution in [0, 0.1) is 5.82 Å². The number of phenolic OH excluding ortho intramolecular Hbond substituents is 1. The summed E-state index contributed by atoms with van der Waals surface area (Å²) in [7, 11) is 2.06. The van der Waals surface area contributed by atoms with Gasteiger partial charge in [-0.2, -0.15) is 9.97 Å². The summed E-state index contributed by atoms with van der Waals surface area (Å²) >= 11 is 0.864. The molecule has 2 N–H and O–H groups in total. The lowest BCUT2D eigenvalue weighted by atomic mass is 9.96. The molecule has 4 fully saturated rings. The number of likely N-dealkylation sites (tertiary alicyclic amines) is 1. The number of likely N-dealkylation sites (N-methyl/N-ethyl adjacent to an activating group) is 1. The molecule has 1 aromatic heterocycles. The summed E-state index contributed by atoms with van der Waals surface area (Å²) in [6.07, 6.45) is 3.63. The van der Waals surface area contributed by atoms with Crippen LogP contribution >= 0.6 is 11.8 Å². The van der Waals surface area contributed by atoms with Crippen LogP contribution in [0.3, 0.4) is 0 Å². The van der Waals surface area contributed by atoms with Crippen molar-refractivity contribution in [2.75, 3.05) is 38.2 Å². The number of piperazine rings is 1. The van der Waals surface area contributed by atoms with Gasteiger partial charge in [0.25, 0.3) is 5.24 Å². The maximum atomic E-state index is 16.8. The van der Waals surface area contributed by atoms with E-state index in [2.05, 4.69) is 27.1 Å². The molecule has 4 aliphatic heterocycles. The lowest BCUT2D eigenvalue weighted by Gasteiger charge is -2.42. The maximum absolute atomic E-state index is 16.8. The van der Waals surface area contributed by atoms with Gasteiger partial charge in [-0.25, -0.2) is 4.39 Å². The number of nitrogens with zero attached hydrogens (tertiary/aromatic N) is 5. The molecule has 1 unspecified atom stereocenters. The van der Waals surface area contributed by atoms with Crippen LogP contribution in [0.2, 0.25) is 0 Å². The Morgan fingerprint density at radius 2 is 1.83 bits per heavy atom. The van der Waals surface area contributed by atoms with E-state index in [1.54, 1.807) is 18.2 Å². The predicted octanol–water partition coefficient (Wildman–Crippen LogP) is 4.69. The Labute approximate surface area is 280 Å². The monoisotopic (exact) mass is 670 g/mol. The standard InChI is InChI=1S/C35H35FN6O5S/c1-40-12-4-6-22(40)18-47-34-37-31-26(11-10-25(30(31)36)27-14-23(43)13-19-5-2-3-7-24(19)27)32(38-34)41-16-20-8-9-21(17-41)42(20)29(44)15-28-33(45)39-35(46)48-28/h2-3,5,7,10-11,13-14,20-22,28,43H,4,6,8-9,12,15-18H2,1H3,(H,39,45,46)/t20-,21+,22-,28?/m0/s1. The molecule has 0 saturated carbocycles. The first-order chi connectivity index (χ1) is 23.2. The van der Waals surface area contributed by atoms with Crippen molar-refractivity contribution in [3.05, 3.63) is 54.3 Å². The summed E-state index contributed by atoms with van der Waals surface area (Å²) in [6.45, 7) is 2.31. The van der Waals surface area contributed by atoms with Crippen molar-refractivity contribution < 1.29 is 28.6 Å². The number of benzene rings is 3. The maximum Gasteiger partial charge on any atom is 0.319 e. The first-order valence-electron chi connectivity index (χ1n) is 16.4. The third-order valence-electron chi connectivity index (χ3n) is 10.2. The number of rotatable bonds is 7. The Morgan fingerprint density at radius 3 is 2.56 bits per heavy atom. The molecule has 13 heteroatoms. The van der Waals surface area contributed by atoms with E-state index >= 15 is 4.39 Å². The number of halogens is 1. The highest BCUT2D eigenvalue weighted by Crippen LogP contribution is 2.40. The van der Waals surface area contributed by atoms with Gasteiger partial charge in [0, 0.05) is 48.6 Å². The number of amides is 3. The van der Waals surface area contributed by atoms with E-state index in [4.69, 9.17) is 9.72 Å². The zero-order valence-corrected chi connectivity index (χ0v) is 27.2. The number of imide groups is 1. The van der Waals surface area contributed by atoms with Crippen molar-refractivity contribution in [3.8, 4) is 22.9 Å². The molecule has 4 aromatic rings. The van der Waals surface area contributed by atoms with Gasteiger partial charge in [0.15, 0.2) is 5.82 Å². The van der Waals surface area contributed by atoms with Gasteiger partial charge >= 0.3 is 6.01 Å². The van der Waals surface area contributed by atoms with Gasteiger partial charge in [0.2, 0.25) is 11.8 Å². The summed E-state index contributed by atoms with van der Waals surface area (Å²) in [5, 5.41) is 13.8. The number of anilines is 1. The van der Waals surface area contributed by atoms with Crippen molar-refractivity contribution in [3.63, 3.8) is 0 Å². The molecule has 11 nitrogen and oxygen atoms in total. The smallest absolute Gasteiger partial charge is 0.319 e. The molecule has 5 heterocycles. The molecule has 4 saturated heterocycles. The summed E-state index contributed by atoms with van der Waals surface area (Å²) in [6, 6.07) is 14.4. The highest BCUT2D eigenvalue weighted by atomic mass is 32.2. The van der Waals surface area contributed by atoms with E-state index in [1.807, 2.05) is 35.2 Å². The highest BCUT2D eigenvalue weighted by molar-refractivity contribution is 8.15. The van der Waals surface area contributed by atoms with E-state index in [-0.39, 0.29) is 47.7 Å². The van der Waals surface area contributed by atoms with Crippen LogP contribution in [-0.4, -0.2) is 98.6 Å². The fourth-order valence-corrected chi connectivity index (χ4v) is 8.60. The summed E-state index contributed by atoms with van der Waals surface area (Å²) in [5.41, 5.74) is 0.990. The van der Waals surface area contributed by atoms with Gasteiger partial charge < -0.3 is 24.5 Å². The zero-order valence-electron chi connectivity index (χ0n) is 26.4. The second-order valence-corrected chi connectivity index (χ2v) is 14.3. The molecular formula is C35H35FN6O5S. The molecule has 3 aromatic carbocycles. The number of phenols is 1. The summed E-state index contributed by atoms with van der Waals surface area (Å²) < 4.78 is 22.9. The van der Waals surface area contributed by atoms with Gasteiger partial charge in [-0.15, -0.1) is 0 Å². The van der Waals surface area contributed by atoms with Crippen molar-refractivity contribution >= 4 is 56.3 Å². The predicted molar refractivity (Wildman–Crippen MR) is 181 cm³/mol. The van der Waals surface area contributed by atoms with E-state index in [0.717, 1.165) is 54.8 Å². The number of hydrogen-bond acceptors (Lipinski definition) is 10. The molecular weight excluding hydrogens is 635 g/mol. The molecule has 0 spiro atoms. The SMILES string of the molecule is CN1CCC[C@H]1COc1nc(N2C[C@H]3CC[C@@H](C2)N3C(=O)CC2SC(=O)NC2=O)c2ccc(-c3cc(O)cc4ccccc34)c(F)c2n1. The molecule has 4 aliphatic rings. The number of carbonyl (C=O) groups excluding carboxylic acids is 3. The minimum atomic E-state index is -0.715. The van der Waals surface area contributed by atoms with Gasteiger partial charge in [-0.05, 0) is 73.8 Å². The second kappa shape index (κ2) is 12.2. The second-order valence-electron chi connectivity index (χ2n) is 13.1. The number of nitrogens with one attached hydrogen (secondary N) is 1. The molecule has 8 rings (SSSR count). The average Bonchev–Trinajstić information content (AvgIpc) is 3.71. The largest absolute Gasteiger partial charge is 0.508 e. The quantitative estimate of drug-likeness (QED) is 0.286. The van der Waals surface area contributed by atoms with Crippen molar-refractivity contribution in [2.24, 2.45) is 0 Å². The fraction of sp³-hybridized carbons (Fsp3) is 0.400. The molecule has 0 radical (unpaired) electrons. The van der Waals surface area contributed by atoms with E-state index < -0.39 is 22.2 Å². The molecule has 2 bridgehead atoms. The Bertz CT molecular complexity index is 1960. The van der Waals surface area contributed by atoms with Crippen molar-refractivity contribution in [1.29, 1.82) is 0 Å². The molecule has 48 heavy (non-hydrogen) atoms. The minimum absolute atomic E-state index is 0.0308. The Kier molecular flexibility index (Phi) is 7.83. The Hall–Kier alpha value is -4.49. The molecule has 4 atom stereocenters. The van der Waals surface area contributed by atoms with Crippen LogP contribution in [-0.2, 0) is 9.59 Å². The topological polar surface area (TPSA) is 128 Å². The Balaban J connectivity index is 1.15. The molecule has 3 amide bonds. The number of hydrogen-bond donors (Lipinski definition) is 2. The number of carbonyl (C=O) groups is 3. The van der Waals surface area contributed by atoms with Crippen LogP contribution in [0.5, 0.6) is 11.8 Å². The normalized spacial score (nSPS) is 24.2. The van der Waals surface area contributed by atoms with E-state index in [9.17, 15) is 19.5 Å². The zero-order chi connectivity index (χ0) is 33.1. The van der Waals surface area contributed by atoms with E-state index in [0.29, 0.717) is 42.0 Å². The third kappa shape index (κ3) is 5.48. The minimum Gasteiger partial charge on any atom is -0.508 e. The van der Waals surface area contributed by atoms with Crippen molar-refractivity contribution in [2.45, 2.75) is 55.5 Å². The van der Waals surface area contributed by atoms with E-state index in [1.165, 1.54) is 0 Å². The first kappa shape index (κ1) is 30.8. The van der Waals surface area contributed by atoms with Crippen LogP contribution in [0.4, 0.5) is 15.0 Å².